The van der Waals surface area contributed by atoms with Crippen LogP contribution < -0.4 is 5.32 Å². The highest BCUT2D eigenvalue weighted by molar-refractivity contribution is 6.36. The molecule has 0 saturated heterocycles. The van der Waals surface area contributed by atoms with Crippen LogP contribution in [0.3, 0.4) is 0 Å². The van der Waals surface area contributed by atoms with Crippen molar-refractivity contribution in [2.45, 2.75) is 25.6 Å². The second-order valence-corrected chi connectivity index (χ2v) is 6.75. The van der Waals surface area contributed by atoms with E-state index >= 15 is 0 Å². The van der Waals surface area contributed by atoms with E-state index in [1.165, 1.54) is 18.5 Å². The van der Waals surface area contributed by atoms with Crippen molar-refractivity contribution in [3.05, 3.63) is 63.9 Å². The van der Waals surface area contributed by atoms with Crippen molar-refractivity contribution in [1.82, 2.24) is 9.97 Å². The number of rotatable bonds is 4. The Balaban J connectivity index is 1.88. The van der Waals surface area contributed by atoms with Crippen LogP contribution in [0.5, 0.6) is 0 Å². The van der Waals surface area contributed by atoms with E-state index in [0.29, 0.717) is 21.7 Å². The molecule has 0 amide bonds. The minimum absolute atomic E-state index is 0.0512. The van der Waals surface area contributed by atoms with Crippen LogP contribution in [0.15, 0.2) is 42.7 Å². The lowest BCUT2D eigenvalue weighted by molar-refractivity contribution is -0.138. The third kappa shape index (κ3) is 4.02. The average molecular weight is 400 g/mol. The van der Waals surface area contributed by atoms with E-state index in [1.54, 1.807) is 25.1 Å². The van der Waals surface area contributed by atoms with E-state index < -0.39 is 11.7 Å². The maximum atomic E-state index is 13.2. The largest absolute Gasteiger partial charge is 0.416 e. The Morgan fingerprint density at radius 1 is 1.12 bits per heavy atom. The molecule has 1 atom stereocenters. The number of anilines is 1. The van der Waals surface area contributed by atoms with Gasteiger partial charge in [0.25, 0.3) is 0 Å². The van der Waals surface area contributed by atoms with Crippen LogP contribution in [0.4, 0.5) is 19.0 Å². The number of nitrogens with zero attached hydrogens (tertiary/aromatic N) is 2. The lowest BCUT2D eigenvalue weighted by atomic mass is 10.0. The molecule has 3 rings (SSSR count). The molecule has 8 heteroatoms. The molecular formula is C18H14Cl2F3N3. The summed E-state index contributed by atoms with van der Waals surface area (Å²) >= 11 is 11.9. The third-order valence-corrected chi connectivity index (χ3v) is 4.45. The molecule has 1 aromatic heterocycles. The van der Waals surface area contributed by atoms with Crippen molar-refractivity contribution < 1.29 is 13.2 Å². The predicted octanol–water partition coefficient (Wildman–Crippen LogP) is 6.00. The van der Waals surface area contributed by atoms with Gasteiger partial charge in [-0.15, -0.1) is 0 Å². The number of benzene rings is 2. The number of hydrogen-bond acceptors (Lipinski definition) is 3. The van der Waals surface area contributed by atoms with Crippen LogP contribution in [0.2, 0.25) is 10.0 Å². The van der Waals surface area contributed by atoms with E-state index in [-0.39, 0.29) is 23.0 Å². The summed E-state index contributed by atoms with van der Waals surface area (Å²) in [4.78, 5) is 8.34. The number of alkyl halides is 3. The minimum Gasteiger partial charge on any atom is -0.367 e. The molecule has 1 N–H and O–H groups in total. The van der Waals surface area contributed by atoms with Crippen molar-refractivity contribution in [3.8, 4) is 0 Å². The van der Waals surface area contributed by atoms with Crippen molar-refractivity contribution in [3.63, 3.8) is 0 Å². The summed E-state index contributed by atoms with van der Waals surface area (Å²) in [6.07, 6.45) is -2.94. The second-order valence-electron chi connectivity index (χ2n) is 5.90. The molecule has 0 radical (unpaired) electrons. The first-order chi connectivity index (χ1) is 12.3. The molecule has 3 nitrogen and oxygen atoms in total. The quantitative estimate of drug-likeness (QED) is 0.584. The molecule has 0 aliphatic heterocycles. The first kappa shape index (κ1) is 18.7. The summed E-state index contributed by atoms with van der Waals surface area (Å²) < 4.78 is 39.7. The lowest BCUT2D eigenvalue weighted by Crippen LogP contribution is -2.21. The molecule has 0 fully saturated rings. The number of nitrogens with one attached hydrogen (secondary N) is 1. The molecule has 26 heavy (non-hydrogen) atoms. The van der Waals surface area contributed by atoms with Gasteiger partial charge in [-0.25, -0.2) is 9.97 Å². The summed E-state index contributed by atoms with van der Waals surface area (Å²) in [5, 5.41) is 4.29. The van der Waals surface area contributed by atoms with E-state index in [4.69, 9.17) is 23.2 Å². The lowest BCUT2D eigenvalue weighted by Gasteiger charge is -2.19. The fraction of sp³-hybridized carbons (Fsp3) is 0.222. The minimum atomic E-state index is -4.47. The van der Waals surface area contributed by atoms with Gasteiger partial charge in [-0.1, -0.05) is 35.3 Å². The Labute approximate surface area is 158 Å². The smallest absolute Gasteiger partial charge is 0.367 e. The van der Waals surface area contributed by atoms with Gasteiger partial charge >= 0.3 is 6.18 Å². The van der Waals surface area contributed by atoms with Gasteiger partial charge in [0, 0.05) is 11.1 Å². The van der Waals surface area contributed by atoms with E-state index in [0.717, 1.165) is 6.07 Å². The first-order valence-corrected chi connectivity index (χ1v) is 8.52. The zero-order chi connectivity index (χ0) is 18.9. The number of fused-ring (bicyclic) bond motifs is 1. The van der Waals surface area contributed by atoms with Crippen LogP contribution in [0, 0.1) is 0 Å². The molecule has 136 valence electrons. The second kappa shape index (κ2) is 7.29. The Kier molecular flexibility index (Phi) is 5.25. The Morgan fingerprint density at radius 2 is 1.88 bits per heavy atom. The maximum absolute atomic E-state index is 13.2. The molecule has 1 unspecified atom stereocenters. The van der Waals surface area contributed by atoms with Gasteiger partial charge in [0.1, 0.15) is 12.1 Å². The summed E-state index contributed by atoms with van der Waals surface area (Å²) in [5.41, 5.74) is 0.0836. The molecule has 3 aromatic rings. The van der Waals surface area contributed by atoms with Crippen LogP contribution in [-0.2, 0) is 12.6 Å². The first-order valence-electron chi connectivity index (χ1n) is 7.77. The highest BCUT2D eigenvalue weighted by Crippen LogP contribution is 2.35. The topological polar surface area (TPSA) is 37.8 Å². The Bertz CT molecular complexity index is 939. The average Bonchev–Trinajstić information content (AvgIpc) is 2.56. The normalized spacial score (nSPS) is 13.0. The molecule has 0 bridgehead atoms. The SMILES string of the molecule is CC(Cc1ccc(Cl)cc1C(F)(F)F)Nc1ncnc2cccc(Cl)c12. The molecule has 0 saturated carbocycles. The van der Waals surface area contributed by atoms with Crippen LogP contribution in [-0.4, -0.2) is 16.0 Å². The highest BCUT2D eigenvalue weighted by atomic mass is 35.5. The molecule has 0 spiro atoms. The molecule has 1 heterocycles. The van der Waals surface area contributed by atoms with Crippen molar-refractivity contribution in [2.24, 2.45) is 0 Å². The van der Waals surface area contributed by atoms with Gasteiger partial charge < -0.3 is 5.32 Å². The van der Waals surface area contributed by atoms with Crippen molar-refractivity contribution in [1.29, 1.82) is 0 Å². The third-order valence-electron chi connectivity index (χ3n) is 3.90. The van der Waals surface area contributed by atoms with Crippen molar-refractivity contribution in [2.75, 3.05) is 5.32 Å². The molecule has 2 aromatic carbocycles. The van der Waals surface area contributed by atoms with E-state index in [1.807, 2.05) is 0 Å². The summed E-state index contributed by atoms with van der Waals surface area (Å²) in [5.74, 6) is 0.482. The van der Waals surface area contributed by atoms with Crippen molar-refractivity contribution >= 4 is 39.9 Å². The van der Waals surface area contributed by atoms with Crippen LogP contribution >= 0.6 is 23.2 Å². The fourth-order valence-corrected chi connectivity index (χ4v) is 3.21. The van der Waals surface area contributed by atoms with Crippen LogP contribution in [0.25, 0.3) is 10.9 Å². The van der Waals surface area contributed by atoms with Gasteiger partial charge in [0.2, 0.25) is 0 Å². The number of halogens is 5. The summed E-state index contributed by atoms with van der Waals surface area (Å²) in [6.45, 7) is 1.78. The zero-order valence-corrected chi connectivity index (χ0v) is 15.1. The standard InChI is InChI=1S/C18H14Cl2F3N3/c1-10(7-11-5-6-12(19)8-13(11)18(21,22)23)26-17-16-14(20)3-2-4-15(16)24-9-25-17/h2-6,8-10H,7H2,1H3,(H,24,25,26). The van der Waals surface area contributed by atoms with E-state index in [9.17, 15) is 13.2 Å². The highest BCUT2D eigenvalue weighted by Gasteiger charge is 2.33. The fourth-order valence-electron chi connectivity index (χ4n) is 2.78. The van der Waals surface area contributed by atoms with Gasteiger partial charge in [0.05, 0.1) is 21.5 Å². The monoisotopic (exact) mass is 399 g/mol. The molecular weight excluding hydrogens is 386 g/mol. The van der Waals surface area contributed by atoms with Gasteiger partial charge in [0.15, 0.2) is 0 Å². The molecule has 0 aliphatic carbocycles. The van der Waals surface area contributed by atoms with Gasteiger partial charge in [-0.05, 0) is 43.2 Å². The maximum Gasteiger partial charge on any atom is 0.416 e. The number of hydrogen-bond donors (Lipinski definition) is 1. The van der Waals surface area contributed by atoms with Crippen LogP contribution in [0.1, 0.15) is 18.1 Å². The zero-order valence-electron chi connectivity index (χ0n) is 13.6. The Morgan fingerprint density at radius 3 is 2.62 bits per heavy atom. The summed E-state index contributed by atoms with van der Waals surface area (Å²) in [6, 6.07) is 8.74. The Hall–Kier alpha value is -2.05. The predicted molar refractivity (Wildman–Crippen MR) is 97.8 cm³/mol. The number of aromatic nitrogens is 2. The summed E-state index contributed by atoms with van der Waals surface area (Å²) in [7, 11) is 0. The van der Waals surface area contributed by atoms with Gasteiger partial charge in [-0.3, -0.25) is 0 Å². The molecule has 0 aliphatic rings. The van der Waals surface area contributed by atoms with E-state index in [2.05, 4.69) is 15.3 Å². The van der Waals surface area contributed by atoms with Gasteiger partial charge in [-0.2, -0.15) is 13.2 Å².